The maximum Gasteiger partial charge on any atom is 0.200 e. The molecule has 0 amide bonds. The summed E-state index contributed by atoms with van der Waals surface area (Å²) < 4.78 is 28.2. The minimum Gasteiger partial charge on any atom is -0.383 e. The summed E-state index contributed by atoms with van der Waals surface area (Å²) in [4.78, 5) is 34.2. The number of nitrogens with zero attached hydrogens (tertiary/aromatic N) is 3. The summed E-state index contributed by atoms with van der Waals surface area (Å²) in [7, 11) is 0. The van der Waals surface area contributed by atoms with Crippen LogP contribution in [0.3, 0.4) is 0 Å². The van der Waals surface area contributed by atoms with Gasteiger partial charge in [0.15, 0.2) is 11.2 Å². The number of ketones is 1. The highest BCUT2D eigenvalue weighted by Crippen LogP contribution is 2.31. The van der Waals surface area contributed by atoms with E-state index in [2.05, 4.69) is 9.88 Å². The number of aryl methyl sites for hydroxylation is 1. The molecular weight excluding hydrogens is 643 g/mol. The molecule has 0 unspecified atom stereocenters. The van der Waals surface area contributed by atoms with Crippen LogP contribution in [0.2, 0.25) is 0 Å². The number of halogens is 1. The Kier molecular flexibility index (Phi) is 10.5. The predicted molar refractivity (Wildman–Crippen MR) is 198 cm³/mol. The quantitative estimate of drug-likeness (QED) is 0.159. The van der Waals surface area contributed by atoms with E-state index < -0.39 is 0 Å². The number of morpholine rings is 1. The van der Waals surface area contributed by atoms with Crippen LogP contribution in [0.1, 0.15) is 39.9 Å². The number of rotatable bonds is 10. The van der Waals surface area contributed by atoms with E-state index in [-0.39, 0.29) is 29.0 Å². The van der Waals surface area contributed by atoms with Gasteiger partial charge in [0.1, 0.15) is 11.6 Å². The minimum absolute atomic E-state index is 0.0774. The number of nitrogen functional groups attached to an aromatic ring is 1. The van der Waals surface area contributed by atoms with Crippen LogP contribution in [0.4, 0.5) is 10.2 Å². The molecule has 5 aromatic rings. The van der Waals surface area contributed by atoms with Gasteiger partial charge in [-0.15, -0.1) is 0 Å². The van der Waals surface area contributed by atoms with Crippen molar-refractivity contribution >= 4 is 11.6 Å². The van der Waals surface area contributed by atoms with E-state index in [0.717, 1.165) is 73.5 Å². The molecule has 0 saturated carbocycles. The van der Waals surface area contributed by atoms with Crippen LogP contribution in [-0.2, 0) is 29.0 Å². The van der Waals surface area contributed by atoms with Crippen molar-refractivity contribution in [3.8, 4) is 33.4 Å². The van der Waals surface area contributed by atoms with Crippen molar-refractivity contribution in [2.45, 2.75) is 39.3 Å². The van der Waals surface area contributed by atoms with E-state index in [1.54, 1.807) is 18.5 Å². The van der Waals surface area contributed by atoms with E-state index in [0.29, 0.717) is 53.7 Å². The lowest BCUT2D eigenvalue weighted by Crippen LogP contribution is -2.35. The molecule has 2 N–H and O–H groups in total. The molecule has 0 spiro atoms. The number of nitrogens with two attached hydrogens (primary N) is 1. The van der Waals surface area contributed by atoms with Crippen LogP contribution >= 0.6 is 0 Å². The molecule has 0 atom stereocenters. The molecule has 9 heteroatoms. The molecule has 4 heterocycles. The summed E-state index contributed by atoms with van der Waals surface area (Å²) in [6, 6.07) is 22.6. The summed E-state index contributed by atoms with van der Waals surface area (Å²) in [5, 5.41) is 0. The highest BCUT2D eigenvalue weighted by atomic mass is 19.1. The van der Waals surface area contributed by atoms with Crippen molar-refractivity contribution in [1.82, 2.24) is 14.5 Å². The normalized spacial score (nSPS) is 15.6. The van der Waals surface area contributed by atoms with E-state index in [4.69, 9.17) is 15.2 Å². The van der Waals surface area contributed by atoms with Crippen LogP contribution in [0, 0.1) is 18.7 Å². The number of carbonyl (C=O) groups excluding carboxylic acids is 1. The highest BCUT2D eigenvalue weighted by molar-refractivity contribution is 5.98. The van der Waals surface area contributed by atoms with Crippen LogP contribution in [0.25, 0.3) is 33.4 Å². The Morgan fingerprint density at radius 1 is 0.843 bits per heavy atom. The number of hydrogen-bond acceptors (Lipinski definition) is 7. The lowest BCUT2D eigenvalue weighted by molar-refractivity contribution is 0.0337. The first-order valence-corrected chi connectivity index (χ1v) is 17.7. The lowest BCUT2D eigenvalue weighted by atomic mass is 9.96. The molecule has 0 radical (unpaired) electrons. The fourth-order valence-corrected chi connectivity index (χ4v) is 6.90. The van der Waals surface area contributed by atoms with Gasteiger partial charge < -0.3 is 19.8 Å². The molecule has 8 nitrogen and oxygen atoms in total. The van der Waals surface area contributed by atoms with Crippen molar-refractivity contribution in [1.29, 1.82) is 0 Å². The van der Waals surface area contributed by atoms with Gasteiger partial charge in [0.05, 0.1) is 18.8 Å². The van der Waals surface area contributed by atoms with Crippen molar-refractivity contribution in [2.24, 2.45) is 5.92 Å². The number of hydrogen-bond donors (Lipinski definition) is 1. The Morgan fingerprint density at radius 2 is 1.51 bits per heavy atom. The third-order valence-electron chi connectivity index (χ3n) is 9.98. The van der Waals surface area contributed by atoms with Gasteiger partial charge in [-0.25, -0.2) is 9.37 Å². The number of benzene rings is 3. The largest absolute Gasteiger partial charge is 0.383 e. The SMILES string of the molecule is Cc1ccc(-c2cn(CC3CCOCC3)cc(C(=O)Cc3ccc(-c4cc(-c5ccc(CN6CCOCC6)c(F)c5)cnc4N)cc3)c2=O)cc1. The van der Waals surface area contributed by atoms with Gasteiger partial charge in [0.25, 0.3) is 0 Å². The average molecular weight is 687 g/mol. The van der Waals surface area contributed by atoms with Gasteiger partial charge in [-0.05, 0) is 60.1 Å². The number of Topliss-reactive ketones (excluding diaryl/α,β-unsaturated/α-hetero) is 1. The monoisotopic (exact) mass is 686 g/mol. The number of carbonyl (C=O) groups is 1. The first-order chi connectivity index (χ1) is 24.8. The Balaban J connectivity index is 1.10. The molecule has 2 aliphatic rings. The van der Waals surface area contributed by atoms with Crippen LogP contribution in [0.5, 0.6) is 0 Å². The third kappa shape index (κ3) is 8.17. The highest BCUT2D eigenvalue weighted by Gasteiger charge is 2.20. The van der Waals surface area contributed by atoms with Crippen LogP contribution in [-0.4, -0.2) is 59.8 Å². The Labute approximate surface area is 297 Å². The van der Waals surface area contributed by atoms with Crippen LogP contribution < -0.4 is 11.2 Å². The second kappa shape index (κ2) is 15.5. The Hall–Kier alpha value is -4.96. The summed E-state index contributed by atoms with van der Waals surface area (Å²) in [5.41, 5.74) is 13.1. The molecule has 0 aliphatic carbocycles. The van der Waals surface area contributed by atoms with Gasteiger partial charge in [-0.1, -0.05) is 66.2 Å². The third-order valence-corrected chi connectivity index (χ3v) is 9.98. The molecule has 51 heavy (non-hydrogen) atoms. The standard InChI is InChI=1S/C42H43FN4O4/c1-28-2-6-32(7-3-28)37-26-47(24-30-12-16-50-17-13-30)27-38(41(37)49)40(48)20-29-4-8-31(9-5-29)36-21-35(23-45-42(36)44)33-10-11-34(39(43)22-33)25-46-14-18-51-19-15-46/h2-11,21-23,26-27,30H,12-20,24-25H2,1H3,(H2,44,45). The van der Waals surface area contributed by atoms with Crippen molar-refractivity contribution in [3.63, 3.8) is 0 Å². The lowest BCUT2D eigenvalue weighted by Gasteiger charge is -2.26. The van der Waals surface area contributed by atoms with Gasteiger partial charge in [-0.3, -0.25) is 14.5 Å². The van der Waals surface area contributed by atoms with E-state index >= 15 is 4.39 Å². The topological polar surface area (TPSA) is 99.7 Å². The summed E-state index contributed by atoms with van der Waals surface area (Å²) in [6.07, 6.45) is 7.24. The number of pyridine rings is 2. The fraction of sp³-hybridized carbons (Fsp3) is 0.310. The van der Waals surface area contributed by atoms with E-state index in [9.17, 15) is 9.59 Å². The summed E-state index contributed by atoms with van der Waals surface area (Å²) >= 11 is 0. The maximum atomic E-state index is 15.2. The molecule has 7 rings (SSSR count). The second-order valence-corrected chi connectivity index (χ2v) is 13.7. The Morgan fingerprint density at radius 3 is 2.24 bits per heavy atom. The zero-order valence-corrected chi connectivity index (χ0v) is 28.9. The van der Waals surface area contributed by atoms with Gasteiger partial charge in [0, 0.05) is 86.7 Å². The zero-order valence-electron chi connectivity index (χ0n) is 28.9. The molecular formula is C42H43FN4O4. The first kappa shape index (κ1) is 34.5. The molecule has 2 fully saturated rings. The van der Waals surface area contributed by atoms with Crippen LogP contribution in [0.15, 0.2) is 96.2 Å². The summed E-state index contributed by atoms with van der Waals surface area (Å²) in [5.74, 6) is 0.280. The number of aromatic nitrogens is 2. The molecule has 262 valence electrons. The number of ether oxygens (including phenoxy) is 2. The first-order valence-electron chi connectivity index (χ1n) is 17.7. The van der Waals surface area contributed by atoms with Gasteiger partial charge in [0.2, 0.25) is 0 Å². The van der Waals surface area contributed by atoms with Crippen molar-refractivity contribution in [3.05, 3.63) is 130 Å². The van der Waals surface area contributed by atoms with Gasteiger partial charge in [-0.2, -0.15) is 0 Å². The molecule has 2 saturated heterocycles. The smallest absolute Gasteiger partial charge is 0.200 e. The Bertz CT molecular complexity index is 2070. The molecule has 3 aromatic carbocycles. The molecule has 2 aliphatic heterocycles. The zero-order chi connectivity index (χ0) is 35.3. The van der Waals surface area contributed by atoms with Gasteiger partial charge >= 0.3 is 0 Å². The predicted octanol–water partition coefficient (Wildman–Crippen LogP) is 6.96. The molecule has 0 bridgehead atoms. The summed E-state index contributed by atoms with van der Waals surface area (Å²) in [6.45, 7) is 7.63. The average Bonchev–Trinajstić information content (AvgIpc) is 3.15. The molecule has 2 aromatic heterocycles. The van der Waals surface area contributed by atoms with Crippen molar-refractivity contribution < 1.29 is 18.7 Å². The maximum absolute atomic E-state index is 15.2. The minimum atomic E-state index is -0.259. The van der Waals surface area contributed by atoms with Crippen molar-refractivity contribution in [2.75, 3.05) is 45.3 Å². The fourth-order valence-electron chi connectivity index (χ4n) is 6.90. The second-order valence-electron chi connectivity index (χ2n) is 13.7. The van der Waals surface area contributed by atoms with E-state index in [1.807, 2.05) is 84.4 Å². The van der Waals surface area contributed by atoms with E-state index in [1.165, 1.54) is 0 Å². The number of anilines is 1.